The zero-order chi connectivity index (χ0) is 27.2. The molecule has 0 fully saturated rings. The van der Waals surface area contributed by atoms with Crippen molar-refractivity contribution in [1.82, 2.24) is 25.6 Å². The van der Waals surface area contributed by atoms with Crippen LogP contribution in [0.3, 0.4) is 0 Å². The van der Waals surface area contributed by atoms with E-state index in [9.17, 15) is 9.59 Å². The summed E-state index contributed by atoms with van der Waals surface area (Å²) in [4.78, 5) is 38.0. The number of anilines is 1. The Hall–Kier alpha value is -4.50. The van der Waals surface area contributed by atoms with Crippen molar-refractivity contribution < 1.29 is 9.59 Å². The van der Waals surface area contributed by atoms with Crippen LogP contribution in [0.1, 0.15) is 56.7 Å². The summed E-state index contributed by atoms with van der Waals surface area (Å²) in [6.07, 6.45) is 5.52. The molecular weight excluding hydrogens is 508 g/mol. The number of unbranched alkanes of at least 4 members (excludes halogenated alkanes) is 1. The smallest absolute Gasteiger partial charge is 0.263 e. The number of nitrogens with one attached hydrogen (secondary N) is 3. The van der Waals surface area contributed by atoms with Crippen molar-refractivity contribution in [3.63, 3.8) is 0 Å². The summed E-state index contributed by atoms with van der Waals surface area (Å²) in [6, 6.07) is 19.6. The molecular formula is C30H30N6O2S. The molecule has 0 saturated carbocycles. The Morgan fingerprint density at radius 3 is 2.67 bits per heavy atom. The van der Waals surface area contributed by atoms with E-state index in [1.165, 1.54) is 16.7 Å². The van der Waals surface area contributed by atoms with Crippen LogP contribution < -0.4 is 16.4 Å². The predicted molar refractivity (Wildman–Crippen MR) is 156 cm³/mol. The van der Waals surface area contributed by atoms with E-state index in [-0.39, 0.29) is 17.9 Å². The lowest BCUT2D eigenvalue weighted by Crippen LogP contribution is -2.29. The Morgan fingerprint density at radius 1 is 1.00 bits per heavy atom. The number of aromatic amines is 1. The van der Waals surface area contributed by atoms with Crippen LogP contribution in [-0.2, 0) is 0 Å². The van der Waals surface area contributed by atoms with Crippen molar-refractivity contribution in [3.8, 4) is 11.3 Å². The molecule has 39 heavy (non-hydrogen) atoms. The van der Waals surface area contributed by atoms with Crippen LogP contribution in [0.15, 0.2) is 78.6 Å². The van der Waals surface area contributed by atoms with Crippen molar-refractivity contribution in [3.05, 3.63) is 100 Å². The van der Waals surface area contributed by atoms with Crippen molar-refractivity contribution in [2.75, 3.05) is 12.3 Å². The average molecular weight is 539 g/mol. The van der Waals surface area contributed by atoms with Gasteiger partial charge in [-0.3, -0.25) is 14.6 Å². The lowest BCUT2D eigenvalue weighted by Gasteiger charge is -2.16. The van der Waals surface area contributed by atoms with Gasteiger partial charge in [0.15, 0.2) is 0 Å². The normalized spacial score (nSPS) is 11.8. The fraction of sp³-hybridized carbons (Fsp3) is 0.200. The third-order valence-electron chi connectivity index (χ3n) is 6.72. The first kappa shape index (κ1) is 26.1. The number of nitrogens with two attached hydrogens (primary N) is 1. The molecule has 0 aliphatic rings. The maximum absolute atomic E-state index is 12.9. The highest BCUT2D eigenvalue weighted by atomic mass is 32.1. The second kappa shape index (κ2) is 11.9. The van der Waals surface area contributed by atoms with Gasteiger partial charge in [-0.05, 0) is 54.7 Å². The summed E-state index contributed by atoms with van der Waals surface area (Å²) in [6.45, 7) is 2.38. The highest BCUT2D eigenvalue weighted by Gasteiger charge is 2.20. The number of aromatic nitrogens is 3. The number of amides is 2. The third kappa shape index (κ3) is 6.15. The van der Waals surface area contributed by atoms with E-state index in [4.69, 9.17) is 5.73 Å². The zero-order valence-electron chi connectivity index (χ0n) is 21.6. The minimum absolute atomic E-state index is 0.183. The monoisotopic (exact) mass is 538 g/mol. The summed E-state index contributed by atoms with van der Waals surface area (Å²) >= 11 is 1.30. The predicted octanol–water partition coefficient (Wildman–Crippen LogP) is 5.65. The molecule has 2 aromatic heterocycles. The molecule has 5 N–H and O–H groups in total. The zero-order valence-corrected chi connectivity index (χ0v) is 22.4. The number of carbonyl (C=O) groups is 2. The standard InChI is InChI=1S/C30H30N6O2S/c1-19-7-6-10-23(27(19)31)29(37)33-14-5-4-11-24(36-30(38)26-17-32-18-39-26)28-34-16-25(35-28)22-13-12-20-8-2-3-9-21(20)15-22/h2-3,6-10,12-13,15-18,24H,4-5,11,14,31H2,1H3,(H,33,37)(H,34,35)(H,36,38)/t24-/m0/s1. The molecule has 2 heterocycles. The number of para-hydroxylation sites is 1. The Kier molecular flexibility index (Phi) is 7.98. The van der Waals surface area contributed by atoms with Gasteiger partial charge in [-0.15, -0.1) is 11.3 Å². The summed E-state index contributed by atoms with van der Waals surface area (Å²) in [5.41, 5.74) is 11.5. The van der Waals surface area contributed by atoms with E-state index in [1.54, 1.807) is 24.0 Å². The molecule has 0 saturated heterocycles. The van der Waals surface area contributed by atoms with Gasteiger partial charge < -0.3 is 21.4 Å². The summed E-state index contributed by atoms with van der Waals surface area (Å²) in [5, 5.41) is 8.37. The topological polar surface area (TPSA) is 126 Å². The number of fused-ring (bicyclic) bond motifs is 1. The molecule has 0 radical (unpaired) electrons. The van der Waals surface area contributed by atoms with Crippen LogP contribution in [0.4, 0.5) is 5.69 Å². The average Bonchev–Trinajstić information content (AvgIpc) is 3.66. The SMILES string of the molecule is Cc1cccc(C(=O)NCCCC[C@H](NC(=O)c2cncs2)c2ncc(-c3ccc4ccccc4c3)[nH]2)c1N. The van der Waals surface area contributed by atoms with Gasteiger partial charge >= 0.3 is 0 Å². The number of nitrogen functional groups attached to an aromatic ring is 1. The number of H-pyrrole nitrogens is 1. The number of nitrogens with zero attached hydrogens (tertiary/aromatic N) is 2. The number of benzene rings is 3. The number of thiazole rings is 1. The molecule has 8 nitrogen and oxygen atoms in total. The van der Waals surface area contributed by atoms with E-state index >= 15 is 0 Å². The molecule has 9 heteroatoms. The lowest BCUT2D eigenvalue weighted by molar-refractivity contribution is 0.0935. The maximum Gasteiger partial charge on any atom is 0.263 e. The number of hydrogen-bond donors (Lipinski definition) is 4. The van der Waals surface area contributed by atoms with Crippen molar-refractivity contribution >= 4 is 39.6 Å². The van der Waals surface area contributed by atoms with Gasteiger partial charge in [0, 0.05) is 17.8 Å². The van der Waals surface area contributed by atoms with Crippen LogP contribution in [0, 0.1) is 6.92 Å². The highest BCUT2D eigenvalue weighted by molar-refractivity contribution is 7.11. The maximum atomic E-state index is 12.9. The second-order valence-electron chi connectivity index (χ2n) is 9.42. The van der Waals surface area contributed by atoms with Crippen molar-refractivity contribution in [1.29, 1.82) is 0 Å². The molecule has 1 atom stereocenters. The number of aryl methyl sites for hydroxylation is 1. The van der Waals surface area contributed by atoms with E-state index in [1.807, 2.05) is 31.2 Å². The Morgan fingerprint density at radius 2 is 1.85 bits per heavy atom. The van der Waals surface area contributed by atoms with Gasteiger partial charge in [-0.25, -0.2) is 4.98 Å². The molecule has 198 valence electrons. The van der Waals surface area contributed by atoms with E-state index < -0.39 is 0 Å². The molecule has 3 aromatic carbocycles. The molecule has 2 amide bonds. The first-order valence-corrected chi connectivity index (χ1v) is 13.7. The van der Waals surface area contributed by atoms with Crippen LogP contribution in [0.25, 0.3) is 22.0 Å². The van der Waals surface area contributed by atoms with Gasteiger partial charge in [0.2, 0.25) is 0 Å². The van der Waals surface area contributed by atoms with Crippen LogP contribution in [-0.4, -0.2) is 33.3 Å². The molecule has 0 aliphatic heterocycles. The second-order valence-corrected chi connectivity index (χ2v) is 10.3. The van der Waals surface area contributed by atoms with Crippen molar-refractivity contribution in [2.24, 2.45) is 0 Å². The van der Waals surface area contributed by atoms with Gasteiger partial charge in [-0.2, -0.15) is 0 Å². The van der Waals surface area contributed by atoms with Gasteiger partial charge in [0.25, 0.3) is 11.8 Å². The largest absolute Gasteiger partial charge is 0.398 e. The van der Waals surface area contributed by atoms with Crippen molar-refractivity contribution in [2.45, 2.75) is 32.2 Å². The van der Waals surface area contributed by atoms with Gasteiger partial charge in [-0.1, -0.05) is 48.5 Å². The number of carbonyl (C=O) groups excluding carboxylic acids is 2. The fourth-order valence-electron chi connectivity index (χ4n) is 4.50. The number of hydrogen-bond acceptors (Lipinski definition) is 6. The van der Waals surface area contributed by atoms with Gasteiger partial charge in [0.1, 0.15) is 10.7 Å². The minimum atomic E-state index is -0.322. The molecule has 0 bridgehead atoms. The van der Waals surface area contributed by atoms with Crippen LogP contribution in [0.5, 0.6) is 0 Å². The first-order chi connectivity index (χ1) is 19.0. The number of rotatable bonds is 10. The summed E-state index contributed by atoms with van der Waals surface area (Å²) < 4.78 is 0. The first-order valence-electron chi connectivity index (χ1n) is 12.9. The Bertz CT molecular complexity index is 1590. The Balaban J connectivity index is 1.25. The lowest BCUT2D eigenvalue weighted by atomic mass is 10.1. The van der Waals surface area contributed by atoms with Crippen LogP contribution in [0.2, 0.25) is 0 Å². The quantitative estimate of drug-likeness (QED) is 0.135. The van der Waals surface area contributed by atoms with E-state index in [0.29, 0.717) is 34.9 Å². The molecule has 0 aliphatic carbocycles. The molecule has 5 aromatic rings. The Labute approximate surface area is 230 Å². The molecule has 0 unspecified atom stereocenters. The number of imidazole rings is 1. The minimum Gasteiger partial charge on any atom is -0.398 e. The summed E-state index contributed by atoms with van der Waals surface area (Å²) in [5.74, 6) is 0.319. The highest BCUT2D eigenvalue weighted by Crippen LogP contribution is 2.26. The molecule has 0 spiro atoms. The van der Waals surface area contributed by atoms with Crippen LogP contribution >= 0.6 is 11.3 Å². The summed E-state index contributed by atoms with van der Waals surface area (Å²) in [7, 11) is 0. The van der Waals surface area contributed by atoms with Gasteiger partial charge in [0.05, 0.1) is 35.2 Å². The van der Waals surface area contributed by atoms with E-state index in [0.717, 1.165) is 35.0 Å². The van der Waals surface area contributed by atoms with E-state index in [2.05, 4.69) is 55.9 Å². The molecule has 5 rings (SSSR count). The third-order valence-corrected chi connectivity index (χ3v) is 7.49. The fourth-order valence-corrected chi connectivity index (χ4v) is 5.02.